The number of fused-ring (bicyclic) bond motifs is 1. The zero-order chi connectivity index (χ0) is 15.9. The fourth-order valence-corrected chi connectivity index (χ4v) is 3.41. The predicted molar refractivity (Wildman–Crippen MR) is 81.5 cm³/mol. The molecule has 1 aliphatic heterocycles. The minimum Gasteiger partial charge on any atom is -0.490 e. The largest absolute Gasteiger partial charge is 0.490 e. The lowest BCUT2D eigenvalue weighted by Crippen LogP contribution is -2.26. The number of amides is 1. The molecule has 6 nitrogen and oxygen atoms in total. The molecule has 0 aromatic heterocycles. The van der Waals surface area contributed by atoms with E-state index in [1.165, 1.54) is 18.7 Å². The van der Waals surface area contributed by atoms with Crippen LogP contribution in [0, 0.1) is 22.0 Å². The van der Waals surface area contributed by atoms with Crippen LogP contribution in [0.5, 0.6) is 5.75 Å². The van der Waals surface area contributed by atoms with Crippen LogP contribution >= 0.6 is 0 Å². The highest BCUT2D eigenvalue weighted by Crippen LogP contribution is 2.42. The lowest BCUT2D eigenvalue weighted by Gasteiger charge is -2.14. The summed E-state index contributed by atoms with van der Waals surface area (Å²) in [4.78, 5) is 23.8. The van der Waals surface area contributed by atoms with Crippen LogP contribution in [0.25, 0.3) is 5.57 Å². The molecule has 0 saturated carbocycles. The molecule has 6 heteroatoms. The van der Waals surface area contributed by atoms with Crippen molar-refractivity contribution < 1.29 is 14.5 Å². The van der Waals surface area contributed by atoms with Crippen molar-refractivity contribution in [3.63, 3.8) is 0 Å². The minimum absolute atomic E-state index is 0.0206. The van der Waals surface area contributed by atoms with Gasteiger partial charge in [0.2, 0.25) is 5.91 Å². The van der Waals surface area contributed by atoms with Gasteiger partial charge in [0.15, 0.2) is 5.75 Å². The van der Waals surface area contributed by atoms with E-state index in [9.17, 15) is 14.9 Å². The van der Waals surface area contributed by atoms with E-state index < -0.39 is 4.92 Å². The number of benzene rings is 1. The van der Waals surface area contributed by atoms with E-state index in [1.807, 2.05) is 4.90 Å². The van der Waals surface area contributed by atoms with Gasteiger partial charge < -0.3 is 9.64 Å². The normalized spacial score (nSPS) is 23.2. The van der Waals surface area contributed by atoms with Crippen molar-refractivity contribution in [1.29, 1.82) is 0 Å². The second-order valence-electron chi connectivity index (χ2n) is 5.89. The molecule has 0 N–H and O–H groups in total. The van der Waals surface area contributed by atoms with Crippen molar-refractivity contribution in [1.82, 2.24) is 4.90 Å². The van der Waals surface area contributed by atoms with Gasteiger partial charge in [-0.2, -0.15) is 0 Å². The van der Waals surface area contributed by atoms with Gasteiger partial charge in [-0.25, -0.2) is 0 Å². The summed E-state index contributed by atoms with van der Waals surface area (Å²) in [7, 11) is 1.44. The maximum Gasteiger partial charge on any atom is 0.310 e. The summed E-state index contributed by atoms with van der Waals surface area (Å²) in [5.41, 5.74) is 2.13. The van der Waals surface area contributed by atoms with E-state index in [4.69, 9.17) is 4.74 Å². The summed E-state index contributed by atoms with van der Waals surface area (Å²) in [5.74, 6) is 1.26. The highest BCUT2D eigenvalue weighted by molar-refractivity contribution is 5.75. The van der Waals surface area contributed by atoms with Crippen molar-refractivity contribution >= 4 is 17.2 Å². The summed E-state index contributed by atoms with van der Waals surface area (Å²) in [6.07, 6.45) is 3.10. The number of hydrogen-bond donors (Lipinski definition) is 0. The van der Waals surface area contributed by atoms with Crippen molar-refractivity contribution in [2.24, 2.45) is 11.8 Å². The number of allylic oxidation sites excluding steroid dienone is 1. The quantitative estimate of drug-likeness (QED) is 0.635. The number of hydrogen-bond acceptors (Lipinski definition) is 4. The maximum atomic E-state index is 11.4. The van der Waals surface area contributed by atoms with Gasteiger partial charge in [-0.05, 0) is 41.5 Å². The average molecular weight is 302 g/mol. The summed E-state index contributed by atoms with van der Waals surface area (Å²) in [6, 6.07) is 5.00. The Balaban J connectivity index is 1.83. The Hall–Kier alpha value is -2.37. The van der Waals surface area contributed by atoms with Gasteiger partial charge in [-0.3, -0.25) is 14.9 Å². The van der Waals surface area contributed by atoms with E-state index in [0.717, 1.165) is 25.1 Å². The summed E-state index contributed by atoms with van der Waals surface area (Å²) < 4.78 is 5.13. The molecule has 2 unspecified atom stereocenters. The fraction of sp³-hybridized carbons (Fsp3) is 0.438. The molecule has 0 bridgehead atoms. The number of nitro groups is 1. The first-order valence-corrected chi connectivity index (χ1v) is 7.28. The third-order valence-corrected chi connectivity index (χ3v) is 4.58. The molecule has 116 valence electrons. The number of methoxy groups -OCH3 is 1. The zero-order valence-corrected chi connectivity index (χ0v) is 12.6. The number of carbonyl (C=O) groups is 1. The highest BCUT2D eigenvalue weighted by Gasteiger charge is 2.37. The maximum absolute atomic E-state index is 11.4. The Morgan fingerprint density at radius 1 is 1.41 bits per heavy atom. The third kappa shape index (κ3) is 2.45. The number of ether oxygens (including phenoxy) is 1. The zero-order valence-electron chi connectivity index (χ0n) is 12.6. The van der Waals surface area contributed by atoms with Crippen molar-refractivity contribution in [3.05, 3.63) is 40.0 Å². The molecule has 1 saturated heterocycles. The molecule has 0 radical (unpaired) electrons. The van der Waals surface area contributed by atoms with Gasteiger partial charge in [-0.1, -0.05) is 6.08 Å². The van der Waals surface area contributed by atoms with Crippen LogP contribution in [0.4, 0.5) is 5.69 Å². The first kappa shape index (κ1) is 14.6. The lowest BCUT2D eigenvalue weighted by atomic mass is 9.98. The van der Waals surface area contributed by atoms with Gasteiger partial charge in [0.05, 0.1) is 12.0 Å². The van der Waals surface area contributed by atoms with Gasteiger partial charge in [0.1, 0.15) is 0 Å². The lowest BCUT2D eigenvalue weighted by molar-refractivity contribution is -0.385. The van der Waals surface area contributed by atoms with Crippen LogP contribution in [0.2, 0.25) is 0 Å². The smallest absolute Gasteiger partial charge is 0.310 e. The molecule has 0 spiro atoms. The molecule has 1 aromatic rings. The fourth-order valence-electron chi connectivity index (χ4n) is 3.41. The molecular weight excluding hydrogens is 284 g/mol. The van der Waals surface area contributed by atoms with Crippen LogP contribution < -0.4 is 4.74 Å². The van der Waals surface area contributed by atoms with Crippen LogP contribution in [0.1, 0.15) is 18.9 Å². The number of rotatable bonds is 3. The van der Waals surface area contributed by atoms with E-state index in [-0.39, 0.29) is 17.3 Å². The Labute approximate surface area is 128 Å². The molecule has 1 aliphatic carbocycles. The van der Waals surface area contributed by atoms with Crippen LogP contribution in [0.15, 0.2) is 24.3 Å². The average Bonchev–Trinajstić information content (AvgIpc) is 3.04. The van der Waals surface area contributed by atoms with E-state index in [1.54, 1.807) is 19.1 Å². The third-order valence-electron chi connectivity index (χ3n) is 4.58. The first-order valence-electron chi connectivity index (χ1n) is 7.28. The van der Waals surface area contributed by atoms with Crippen molar-refractivity contribution in [2.75, 3.05) is 20.2 Å². The summed E-state index contributed by atoms with van der Waals surface area (Å²) >= 11 is 0. The molecule has 1 amide bonds. The predicted octanol–water partition coefficient (Wildman–Crippen LogP) is 2.49. The van der Waals surface area contributed by atoms with Crippen molar-refractivity contribution in [3.8, 4) is 5.75 Å². The minimum atomic E-state index is -0.439. The van der Waals surface area contributed by atoms with E-state index in [0.29, 0.717) is 11.8 Å². The summed E-state index contributed by atoms with van der Waals surface area (Å²) in [5, 5.41) is 10.9. The molecule has 1 fully saturated rings. The SMILES string of the molecule is COc1cc(C2=CC3CN(C(C)=O)CC3C2)ccc1[N+](=O)[O-]. The number of nitro benzene ring substituents is 1. The standard InChI is InChI=1S/C16H18N2O4/c1-10(19)17-8-13-5-12(6-14(13)9-17)11-3-4-15(18(20)21)16(7-11)22-2/h3-5,7,13-14H,6,8-9H2,1-2H3. The molecule has 1 aromatic carbocycles. The molecule has 3 rings (SSSR count). The van der Waals surface area contributed by atoms with E-state index >= 15 is 0 Å². The van der Waals surface area contributed by atoms with Crippen LogP contribution in [0.3, 0.4) is 0 Å². The number of likely N-dealkylation sites (tertiary alicyclic amines) is 1. The molecule has 2 atom stereocenters. The van der Waals surface area contributed by atoms with Gasteiger partial charge in [0, 0.05) is 26.1 Å². The highest BCUT2D eigenvalue weighted by atomic mass is 16.6. The number of nitrogens with zero attached hydrogens (tertiary/aromatic N) is 2. The van der Waals surface area contributed by atoms with Gasteiger partial charge >= 0.3 is 5.69 Å². The molecular formula is C16H18N2O4. The molecule has 1 heterocycles. The summed E-state index contributed by atoms with van der Waals surface area (Å²) in [6.45, 7) is 3.17. The second-order valence-corrected chi connectivity index (χ2v) is 5.89. The Morgan fingerprint density at radius 3 is 2.77 bits per heavy atom. The molecule has 22 heavy (non-hydrogen) atoms. The van der Waals surface area contributed by atoms with E-state index in [2.05, 4.69) is 6.08 Å². The van der Waals surface area contributed by atoms with Gasteiger partial charge in [-0.15, -0.1) is 0 Å². The Morgan fingerprint density at radius 2 is 2.18 bits per heavy atom. The molecule has 2 aliphatic rings. The van der Waals surface area contributed by atoms with Gasteiger partial charge in [0.25, 0.3) is 0 Å². The van der Waals surface area contributed by atoms with Crippen molar-refractivity contribution in [2.45, 2.75) is 13.3 Å². The monoisotopic (exact) mass is 302 g/mol. The van der Waals surface area contributed by atoms with Crippen LogP contribution in [-0.4, -0.2) is 35.9 Å². The topological polar surface area (TPSA) is 72.7 Å². The van der Waals surface area contributed by atoms with Crippen LogP contribution in [-0.2, 0) is 4.79 Å². The Kier molecular flexibility index (Phi) is 3.60. The first-order chi connectivity index (χ1) is 10.5. The Bertz CT molecular complexity index is 668. The number of carbonyl (C=O) groups excluding carboxylic acids is 1. The second kappa shape index (κ2) is 5.44.